The van der Waals surface area contributed by atoms with Gasteiger partial charge < -0.3 is 14.8 Å². The number of anilines is 1. The van der Waals surface area contributed by atoms with E-state index in [9.17, 15) is 4.79 Å². The number of hydrogen-bond donors (Lipinski definition) is 1. The predicted molar refractivity (Wildman–Crippen MR) is 82.8 cm³/mol. The average Bonchev–Trinajstić information content (AvgIpc) is 3.08. The van der Waals surface area contributed by atoms with Crippen LogP contribution in [0.25, 0.3) is 4.96 Å². The van der Waals surface area contributed by atoms with E-state index in [0.29, 0.717) is 30.4 Å². The fraction of sp³-hybridized carbons (Fsp3) is 0.200. The van der Waals surface area contributed by atoms with Gasteiger partial charge in [0.25, 0.3) is 0 Å². The Bertz CT molecular complexity index is 811. The third kappa shape index (κ3) is 2.50. The predicted octanol–water partition coefficient (Wildman–Crippen LogP) is 2.35. The minimum Gasteiger partial charge on any atom is -0.486 e. The van der Waals surface area contributed by atoms with Crippen LogP contribution in [0.2, 0.25) is 0 Å². The summed E-state index contributed by atoms with van der Waals surface area (Å²) in [5.41, 5.74) is 1.44. The van der Waals surface area contributed by atoms with Gasteiger partial charge in [0.2, 0.25) is 5.91 Å². The van der Waals surface area contributed by atoms with E-state index in [4.69, 9.17) is 9.47 Å². The Labute approximate surface area is 130 Å². The summed E-state index contributed by atoms with van der Waals surface area (Å²) in [5, 5.41) is 4.82. The van der Waals surface area contributed by atoms with Gasteiger partial charge in [-0.2, -0.15) is 0 Å². The number of amides is 1. The van der Waals surface area contributed by atoms with E-state index < -0.39 is 0 Å². The SMILES string of the molecule is O=C(Cc1cn2ccsc2n1)Nc1ccc2c(c1)OCCO2. The average molecular weight is 315 g/mol. The minimum atomic E-state index is -0.109. The Morgan fingerprint density at radius 1 is 1.32 bits per heavy atom. The van der Waals surface area contributed by atoms with Gasteiger partial charge in [-0.1, -0.05) is 0 Å². The van der Waals surface area contributed by atoms with Gasteiger partial charge in [0.15, 0.2) is 16.5 Å². The van der Waals surface area contributed by atoms with Gasteiger partial charge in [0, 0.05) is 29.5 Å². The van der Waals surface area contributed by atoms with Crippen molar-refractivity contribution < 1.29 is 14.3 Å². The number of ether oxygens (including phenoxy) is 2. The molecule has 0 radical (unpaired) electrons. The Kier molecular flexibility index (Phi) is 3.19. The van der Waals surface area contributed by atoms with E-state index in [0.717, 1.165) is 10.7 Å². The van der Waals surface area contributed by atoms with Crippen molar-refractivity contribution in [2.75, 3.05) is 18.5 Å². The number of imidazole rings is 1. The summed E-state index contributed by atoms with van der Waals surface area (Å²) in [6.07, 6.45) is 4.04. The molecule has 0 bridgehead atoms. The molecule has 1 aliphatic heterocycles. The quantitative estimate of drug-likeness (QED) is 0.806. The molecule has 0 saturated heterocycles. The second-order valence-electron chi connectivity index (χ2n) is 4.91. The van der Waals surface area contributed by atoms with Crippen LogP contribution in [0, 0.1) is 0 Å². The third-order valence-corrected chi connectivity index (χ3v) is 4.08. The molecule has 0 aliphatic carbocycles. The molecule has 0 fully saturated rings. The van der Waals surface area contributed by atoms with Gasteiger partial charge >= 0.3 is 0 Å². The molecule has 0 spiro atoms. The molecule has 7 heteroatoms. The maximum atomic E-state index is 12.1. The lowest BCUT2D eigenvalue weighted by Crippen LogP contribution is -2.17. The minimum absolute atomic E-state index is 0.109. The largest absolute Gasteiger partial charge is 0.486 e. The van der Waals surface area contributed by atoms with Gasteiger partial charge in [-0.05, 0) is 12.1 Å². The highest BCUT2D eigenvalue weighted by molar-refractivity contribution is 7.15. The van der Waals surface area contributed by atoms with Crippen LogP contribution in [0.15, 0.2) is 36.0 Å². The van der Waals surface area contributed by atoms with E-state index in [1.54, 1.807) is 29.5 Å². The van der Waals surface area contributed by atoms with Crippen LogP contribution in [0.3, 0.4) is 0 Å². The number of carbonyl (C=O) groups is 1. The van der Waals surface area contributed by atoms with Crippen molar-refractivity contribution in [3.63, 3.8) is 0 Å². The lowest BCUT2D eigenvalue weighted by Gasteiger charge is -2.18. The molecule has 0 unspecified atom stereocenters. The Morgan fingerprint density at radius 3 is 3.05 bits per heavy atom. The maximum Gasteiger partial charge on any atom is 0.230 e. The number of thiazole rings is 1. The van der Waals surface area contributed by atoms with Crippen molar-refractivity contribution >= 4 is 27.9 Å². The van der Waals surface area contributed by atoms with Crippen LogP contribution in [-0.2, 0) is 11.2 Å². The number of benzene rings is 1. The zero-order valence-electron chi connectivity index (χ0n) is 11.6. The van der Waals surface area contributed by atoms with Crippen LogP contribution in [0.5, 0.6) is 11.5 Å². The first-order valence-corrected chi connectivity index (χ1v) is 7.76. The Morgan fingerprint density at radius 2 is 2.18 bits per heavy atom. The first kappa shape index (κ1) is 13.1. The molecule has 2 aromatic heterocycles. The number of nitrogens with one attached hydrogen (secondary N) is 1. The normalized spacial score (nSPS) is 13.3. The molecule has 0 saturated carbocycles. The summed E-state index contributed by atoms with van der Waals surface area (Å²) < 4.78 is 12.9. The first-order valence-electron chi connectivity index (χ1n) is 6.88. The molecule has 112 valence electrons. The van der Waals surface area contributed by atoms with Crippen molar-refractivity contribution in [2.45, 2.75) is 6.42 Å². The molecule has 3 heterocycles. The van der Waals surface area contributed by atoms with E-state index >= 15 is 0 Å². The molecule has 1 amide bonds. The van der Waals surface area contributed by atoms with Gasteiger partial charge in [0.05, 0.1) is 12.1 Å². The van der Waals surface area contributed by atoms with Crippen LogP contribution in [-0.4, -0.2) is 28.5 Å². The fourth-order valence-corrected chi connectivity index (χ4v) is 3.07. The van der Waals surface area contributed by atoms with Crippen molar-refractivity contribution in [2.24, 2.45) is 0 Å². The van der Waals surface area contributed by atoms with Crippen molar-refractivity contribution in [1.29, 1.82) is 0 Å². The highest BCUT2D eigenvalue weighted by Crippen LogP contribution is 2.32. The van der Waals surface area contributed by atoms with E-state index in [-0.39, 0.29) is 12.3 Å². The Hall–Kier alpha value is -2.54. The molecular weight excluding hydrogens is 302 g/mol. The molecule has 3 aromatic rings. The number of aromatic nitrogens is 2. The molecule has 4 rings (SSSR count). The van der Waals surface area contributed by atoms with Crippen LogP contribution in [0.4, 0.5) is 5.69 Å². The fourth-order valence-electron chi connectivity index (χ4n) is 2.35. The lowest BCUT2D eigenvalue weighted by molar-refractivity contribution is -0.115. The lowest BCUT2D eigenvalue weighted by atomic mass is 10.2. The van der Waals surface area contributed by atoms with Crippen molar-refractivity contribution in [3.8, 4) is 11.5 Å². The number of carbonyl (C=O) groups excluding carboxylic acids is 1. The van der Waals surface area contributed by atoms with Crippen LogP contribution < -0.4 is 14.8 Å². The van der Waals surface area contributed by atoms with Gasteiger partial charge in [-0.3, -0.25) is 9.20 Å². The maximum absolute atomic E-state index is 12.1. The number of fused-ring (bicyclic) bond motifs is 2. The molecule has 6 nitrogen and oxygen atoms in total. The van der Waals surface area contributed by atoms with Gasteiger partial charge in [-0.25, -0.2) is 4.98 Å². The summed E-state index contributed by atoms with van der Waals surface area (Å²) in [6.45, 7) is 1.08. The van der Waals surface area contributed by atoms with Crippen LogP contribution >= 0.6 is 11.3 Å². The summed E-state index contributed by atoms with van der Waals surface area (Å²) in [7, 11) is 0. The molecule has 22 heavy (non-hydrogen) atoms. The molecule has 1 aliphatic rings. The van der Waals surface area contributed by atoms with E-state index in [1.165, 1.54) is 0 Å². The number of rotatable bonds is 3. The second-order valence-corrected chi connectivity index (χ2v) is 5.78. The van der Waals surface area contributed by atoms with Gasteiger partial charge in [0.1, 0.15) is 13.2 Å². The smallest absolute Gasteiger partial charge is 0.230 e. The topological polar surface area (TPSA) is 64.9 Å². The highest BCUT2D eigenvalue weighted by atomic mass is 32.1. The standard InChI is InChI=1S/C15H13N3O3S/c19-14(8-11-9-18-3-6-22-15(18)17-11)16-10-1-2-12-13(7-10)21-5-4-20-12/h1-3,6-7,9H,4-5,8H2,(H,16,19). The molecule has 1 aromatic carbocycles. The summed E-state index contributed by atoms with van der Waals surface area (Å²) in [4.78, 5) is 17.4. The number of hydrogen-bond acceptors (Lipinski definition) is 5. The summed E-state index contributed by atoms with van der Waals surface area (Å²) in [6, 6.07) is 5.38. The zero-order valence-corrected chi connectivity index (χ0v) is 12.4. The number of nitrogens with zero attached hydrogens (tertiary/aromatic N) is 2. The van der Waals surface area contributed by atoms with E-state index in [2.05, 4.69) is 10.3 Å². The monoisotopic (exact) mass is 315 g/mol. The summed E-state index contributed by atoms with van der Waals surface area (Å²) in [5.74, 6) is 1.26. The van der Waals surface area contributed by atoms with Crippen molar-refractivity contribution in [3.05, 3.63) is 41.7 Å². The third-order valence-electron chi connectivity index (χ3n) is 3.31. The zero-order chi connectivity index (χ0) is 14.9. The second kappa shape index (κ2) is 5.34. The summed E-state index contributed by atoms with van der Waals surface area (Å²) >= 11 is 1.54. The van der Waals surface area contributed by atoms with Crippen LogP contribution in [0.1, 0.15) is 5.69 Å². The highest BCUT2D eigenvalue weighted by Gasteiger charge is 2.13. The Balaban J connectivity index is 1.46. The first-order chi connectivity index (χ1) is 10.8. The van der Waals surface area contributed by atoms with Gasteiger partial charge in [-0.15, -0.1) is 11.3 Å². The van der Waals surface area contributed by atoms with E-state index in [1.807, 2.05) is 22.2 Å². The molecule has 1 N–H and O–H groups in total. The molecular formula is C15H13N3O3S. The van der Waals surface area contributed by atoms with Crippen molar-refractivity contribution in [1.82, 2.24) is 9.38 Å². The molecule has 0 atom stereocenters.